The Bertz CT molecular complexity index is 1720. The largest absolute Gasteiger partial charge is 0.417 e. The molecule has 8 nitrogen and oxygen atoms in total. The molecule has 15 heteroatoms. The number of piperazine rings is 1. The normalized spacial score (nSPS) is 16.9. The van der Waals surface area contributed by atoms with Crippen LogP contribution < -0.4 is 10.6 Å². The van der Waals surface area contributed by atoms with E-state index in [0.717, 1.165) is 28.5 Å². The number of thioether (sulfide) groups is 1. The topological polar surface area (TPSA) is 76.9 Å². The molecule has 3 aromatic rings. The molecule has 2 aromatic carbocycles. The number of alkyl halides is 3. The van der Waals surface area contributed by atoms with Gasteiger partial charge in [-0.05, 0) is 30.5 Å². The number of anilines is 1. The van der Waals surface area contributed by atoms with Crippen LogP contribution in [0.1, 0.15) is 12.5 Å². The van der Waals surface area contributed by atoms with E-state index in [1.165, 1.54) is 17.4 Å². The van der Waals surface area contributed by atoms with Crippen molar-refractivity contribution in [2.45, 2.75) is 24.0 Å². The first-order chi connectivity index (χ1) is 20.4. The average molecular weight is 627 g/mol. The lowest BCUT2D eigenvalue weighted by Crippen LogP contribution is -2.54. The van der Waals surface area contributed by atoms with E-state index in [1.807, 2.05) is 0 Å². The summed E-state index contributed by atoms with van der Waals surface area (Å²) in [4.78, 5) is 32.9. The van der Waals surface area contributed by atoms with Gasteiger partial charge in [0.2, 0.25) is 5.91 Å². The van der Waals surface area contributed by atoms with Gasteiger partial charge in [0.25, 0.3) is 0 Å². The lowest BCUT2D eigenvalue weighted by Gasteiger charge is -2.41. The monoisotopic (exact) mass is 626 g/mol. The van der Waals surface area contributed by atoms with E-state index in [2.05, 4.69) is 11.6 Å². The van der Waals surface area contributed by atoms with Gasteiger partial charge in [-0.2, -0.15) is 18.2 Å². The highest BCUT2D eigenvalue weighted by Gasteiger charge is 2.40. The summed E-state index contributed by atoms with van der Waals surface area (Å²) in [5.41, 5.74) is -3.59. The molecule has 2 aliphatic heterocycles. The number of ether oxygens (including phenoxy) is 2. The molecule has 1 atom stereocenters. The van der Waals surface area contributed by atoms with E-state index in [-0.39, 0.29) is 72.3 Å². The molecule has 0 radical (unpaired) electrons. The number of hydrogen-bond donors (Lipinski definition) is 0. The second kappa shape index (κ2) is 11.7. The van der Waals surface area contributed by atoms with Crippen molar-refractivity contribution in [2.24, 2.45) is 0 Å². The Balaban J connectivity index is 1.83. The molecule has 5 rings (SSSR count). The molecule has 0 bridgehead atoms. The van der Waals surface area contributed by atoms with Crippen molar-refractivity contribution in [1.82, 2.24) is 14.5 Å². The van der Waals surface area contributed by atoms with Crippen LogP contribution in [0.2, 0.25) is 0 Å². The van der Waals surface area contributed by atoms with Crippen LogP contribution in [0, 0.1) is 17.5 Å². The third kappa shape index (κ3) is 5.52. The predicted molar refractivity (Wildman–Crippen MR) is 148 cm³/mol. The molecule has 1 fully saturated rings. The third-order valence-corrected chi connectivity index (χ3v) is 8.16. The number of nitrogens with zero attached hydrogens (tertiary/aromatic N) is 4. The van der Waals surface area contributed by atoms with Crippen LogP contribution in [0.3, 0.4) is 0 Å². The average Bonchev–Trinajstić information content (AvgIpc) is 2.96. The number of carbonyl (C=O) groups is 1. The highest BCUT2D eigenvalue weighted by Crippen LogP contribution is 2.50. The molecule has 3 heterocycles. The molecular formula is C28H24F6N4O4S. The molecule has 1 aromatic heterocycles. The van der Waals surface area contributed by atoms with Gasteiger partial charge in [-0.1, -0.05) is 18.3 Å². The molecule has 0 unspecified atom stereocenters. The molecule has 43 heavy (non-hydrogen) atoms. The van der Waals surface area contributed by atoms with Crippen molar-refractivity contribution in [1.29, 1.82) is 0 Å². The quantitative estimate of drug-likeness (QED) is 0.117. The fraction of sp³-hybridized carbons (Fsp3) is 0.321. The molecule has 228 valence electrons. The van der Waals surface area contributed by atoms with Crippen LogP contribution in [-0.4, -0.2) is 66.5 Å². The zero-order chi connectivity index (χ0) is 31.2. The maximum Gasteiger partial charge on any atom is 0.417 e. The lowest BCUT2D eigenvalue weighted by atomic mass is 9.95. The summed E-state index contributed by atoms with van der Waals surface area (Å²) in [5, 5.41) is 1.26. The minimum absolute atomic E-state index is 0.0394. The smallest absolute Gasteiger partial charge is 0.359 e. The lowest BCUT2D eigenvalue weighted by molar-refractivity contribution is -0.137. The number of amides is 1. The first-order valence-corrected chi connectivity index (χ1v) is 13.7. The number of carbonyl (C=O) groups excluding carboxylic acids is 1. The van der Waals surface area contributed by atoms with Gasteiger partial charge >= 0.3 is 11.9 Å². The van der Waals surface area contributed by atoms with Crippen LogP contribution in [0.4, 0.5) is 32.2 Å². The summed E-state index contributed by atoms with van der Waals surface area (Å²) in [6, 6.07) is 0.800. The first-order valence-electron chi connectivity index (χ1n) is 12.8. The molecule has 1 amide bonds. The van der Waals surface area contributed by atoms with Crippen molar-refractivity contribution >= 4 is 40.1 Å². The summed E-state index contributed by atoms with van der Waals surface area (Å²) >= 11 is 0.754. The van der Waals surface area contributed by atoms with Gasteiger partial charge in [0, 0.05) is 60.3 Å². The van der Waals surface area contributed by atoms with Gasteiger partial charge < -0.3 is 19.3 Å². The highest BCUT2D eigenvalue weighted by atomic mass is 32.2. The van der Waals surface area contributed by atoms with Gasteiger partial charge in [0.1, 0.15) is 18.4 Å². The van der Waals surface area contributed by atoms with E-state index >= 15 is 4.39 Å². The molecule has 0 spiro atoms. The van der Waals surface area contributed by atoms with Crippen LogP contribution in [-0.2, 0) is 20.4 Å². The van der Waals surface area contributed by atoms with Crippen molar-refractivity contribution in [3.63, 3.8) is 0 Å². The summed E-state index contributed by atoms with van der Waals surface area (Å²) < 4.78 is 98.6. The Hall–Kier alpha value is -3.82. The standard InChI is InChI=1S/C28H24F6N4O4S/c1-4-22(39)36-5-6-37(14(2)10-36)26-17-7-18(28(32,33)34)23(16-8-20(30)21(31)9-19(16)29)25-24(17)38(27(40)35-26)15(12-43-25)11-42-13-41-3/h4,7-9,12,14H,1,5-6,10-11,13H2,2-3H3/t14-/m0/s1. The van der Waals surface area contributed by atoms with E-state index in [1.54, 1.807) is 11.8 Å². The van der Waals surface area contributed by atoms with Crippen molar-refractivity contribution in [3.8, 4) is 11.1 Å². The molecule has 2 aliphatic rings. The minimum atomic E-state index is -5.08. The Morgan fingerprint density at radius 1 is 1.16 bits per heavy atom. The van der Waals surface area contributed by atoms with Gasteiger partial charge in [-0.15, -0.1) is 0 Å². The summed E-state index contributed by atoms with van der Waals surface area (Å²) in [6.07, 6.45) is -3.93. The summed E-state index contributed by atoms with van der Waals surface area (Å²) in [5.74, 6) is -4.93. The number of methoxy groups -OCH3 is 1. The summed E-state index contributed by atoms with van der Waals surface area (Å²) in [7, 11) is 1.38. The van der Waals surface area contributed by atoms with Crippen molar-refractivity contribution in [2.75, 3.05) is 45.0 Å². The Kier molecular flexibility index (Phi) is 8.33. The fourth-order valence-corrected chi connectivity index (χ4v) is 6.33. The Morgan fingerprint density at radius 2 is 1.88 bits per heavy atom. The van der Waals surface area contributed by atoms with E-state index in [4.69, 9.17) is 9.47 Å². The molecule has 1 saturated heterocycles. The van der Waals surface area contributed by atoms with E-state index in [0.29, 0.717) is 6.07 Å². The predicted octanol–water partition coefficient (Wildman–Crippen LogP) is 5.25. The highest BCUT2D eigenvalue weighted by molar-refractivity contribution is 8.02. The van der Waals surface area contributed by atoms with Crippen LogP contribution >= 0.6 is 11.8 Å². The first kappa shape index (κ1) is 30.6. The SMILES string of the molecule is C=CC(=O)N1CCN(c2nc(=O)n3c4c(c(-c5cc(F)c(F)cc5F)c(C(F)(F)F)cc24)SC=C3COCOC)[C@@H](C)C1. The van der Waals surface area contributed by atoms with Crippen LogP contribution in [0.25, 0.3) is 27.7 Å². The van der Waals surface area contributed by atoms with Crippen LogP contribution in [0.5, 0.6) is 0 Å². The maximum atomic E-state index is 15.1. The Labute approximate surface area is 245 Å². The van der Waals surface area contributed by atoms with Crippen LogP contribution in [0.15, 0.2) is 46.0 Å². The van der Waals surface area contributed by atoms with E-state index in [9.17, 15) is 31.5 Å². The van der Waals surface area contributed by atoms with Crippen molar-refractivity contribution in [3.05, 3.63) is 69.8 Å². The fourth-order valence-electron chi connectivity index (χ4n) is 5.25. The van der Waals surface area contributed by atoms with Gasteiger partial charge in [0.15, 0.2) is 11.6 Å². The number of benzene rings is 2. The number of rotatable bonds is 7. The zero-order valence-electron chi connectivity index (χ0n) is 22.8. The Morgan fingerprint density at radius 3 is 2.53 bits per heavy atom. The molecule has 0 aliphatic carbocycles. The van der Waals surface area contributed by atoms with Gasteiger partial charge in [-0.3, -0.25) is 9.36 Å². The number of hydrogen-bond acceptors (Lipinski definition) is 7. The summed E-state index contributed by atoms with van der Waals surface area (Å²) in [6.45, 7) is 5.36. The van der Waals surface area contributed by atoms with Crippen molar-refractivity contribution < 1.29 is 40.6 Å². The van der Waals surface area contributed by atoms with Gasteiger partial charge in [0.05, 0.1) is 23.4 Å². The third-order valence-electron chi connectivity index (χ3n) is 7.13. The molecular weight excluding hydrogens is 602 g/mol. The second-order valence-corrected chi connectivity index (χ2v) is 10.7. The minimum Gasteiger partial charge on any atom is -0.359 e. The molecule has 0 saturated carbocycles. The zero-order valence-corrected chi connectivity index (χ0v) is 23.6. The number of aromatic nitrogens is 2. The maximum absolute atomic E-state index is 15.1. The van der Waals surface area contributed by atoms with Gasteiger partial charge in [-0.25, -0.2) is 18.0 Å². The second-order valence-electron chi connectivity index (χ2n) is 9.83. The number of halogens is 6. The molecule has 0 N–H and O–H groups in total. The van der Waals surface area contributed by atoms with E-state index < -0.39 is 52.0 Å².